The molecule has 0 aliphatic heterocycles. The molecule has 0 N–H and O–H groups in total. The Morgan fingerprint density at radius 1 is 1.12 bits per heavy atom. The number of thiocyanates is 1. The Morgan fingerprint density at radius 3 is 2.42 bits per heavy atom. The van der Waals surface area contributed by atoms with Crippen LogP contribution >= 0.6 is 11.8 Å². The lowest BCUT2D eigenvalue weighted by atomic mass is 10.0. The van der Waals surface area contributed by atoms with Gasteiger partial charge in [-0.3, -0.25) is 0 Å². The van der Waals surface area contributed by atoms with Gasteiger partial charge in [-0.2, -0.15) is 5.26 Å². The Kier molecular flexibility index (Phi) is 6.18. The Bertz CT molecular complexity index is 860. The lowest BCUT2D eigenvalue weighted by Gasteiger charge is -2.03. The molecule has 0 atom stereocenters. The van der Waals surface area contributed by atoms with Gasteiger partial charge in [-0.25, -0.2) is 8.78 Å². The van der Waals surface area contributed by atoms with E-state index >= 15 is 0 Å². The van der Waals surface area contributed by atoms with Crippen molar-refractivity contribution in [2.24, 2.45) is 0 Å². The minimum atomic E-state index is -0.773. The highest BCUT2D eigenvalue weighted by Crippen LogP contribution is 2.25. The molecule has 2 rings (SSSR count). The first-order valence-electron chi connectivity index (χ1n) is 7.41. The van der Waals surface area contributed by atoms with E-state index in [0.29, 0.717) is 11.8 Å². The average Bonchev–Trinajstić information content (AvgIpc) is 2.57. The summed E-state index contributed by atoms with van der Waals surface area (Å²) in [4.78, 5) is -0.298. The standard InChI is InChI=1S/C20H15F2NS/c1-3-5-14-6-8-17(16(4-2)10-14)9-7-15-11-18(21)20(24-13-23)19(22)12-15/h3,5-6,8,10-12H,4H2,1-2H3/b5-3+. The Morgan fingerprint density at radius 2 is 1.83 bits per heavy atom. The zero-order valence-electron chi connectivity index (χ0n) is 13.4. The fraction of sp³-hybridized carbons (Fsp3) is 0.150. The molecule has 0 heterocycles. The summed E-state index contributed by atoms with van der Waals surface area (Å²) < 4.78 is 27.6. The second kappa shape index (κ2) is 8.34. The number of nitriles is 1. The minimum Gasteiger partial charge on any atom is -0.206 e. The maximum atomic E-state index is 13.8. The molecule has 0 fully saturated rings. The van der Waals surface area contributed by atoms with Crippen molar-refractivity contribution in [3.63, 3.8) is 0 Å². The van der Waals surface area contributed by atoms with Crippen LogP contribution in [0.25, 0.3) is 6.08 Å². The van der Waals surface area contributed by atoms with Gasteiger partial charge in [-0.15, -0.1) is 0 Å². The predicted molar refractivity (Wildman–Crippen MR) is 94.3 cm³/mol. The van der Waals surface area contributed by atoms with Gasteiger partial charge >= 0.3 is 0 Å². The first-order valence-corrected chi connectivity index (χ1v) is 8.23. The summed E-state index contributed by atoms with van der Waals surface area (Å²) in [6, 6.07) is 8.22. The van der Waals surface area contributed by atoms with Crippen molar-refractivity contribution in [2.45, 2.75) is 25.2 Å². The summed E-state index contributed by atoms with van der Waals surface area (Å²) >= 11 is 0.465. The minimum absolute atomic E-state index is 0.242. The lowest BCUT2D eigenvalue weighted by molar-refractivity contribution is 0.540. The molecule has 120 valence electrons. The quantitative estimate of drug-likeness (QED) is 0.417. The molecule has 1 nitrogen and oxygen atoms in total. The molecule has 24 heavy (non-hydrogen) atoms. The summed E-state index contributed by atoms with van der Waals surface area (Å²) in [5.74, 6) is 4.23. The van der Waals surface area contributed by atoms with Crippen molar-refractivity contribution in [1.29, 1.82) is 5.26 Å². The Balaban J connectivity index is 2.38. The van der Waals surface area contributed by atoms with Crippen molar-refractivity contribution in [3.05, 3.63) is 70.3 Å². The summed E-state index contributed by atoms with van der Waals surface area (Å²) in [5, 5.41) is 10.2. The van der Waals surface area contributed by atoms with Gasteiger partial charge in [-0.1, -0.05) is 43.0 Å². The highest BCUT2D eigenvalue weighted by atomic mass is 32.2. The van der Waals surface area contributed by atoms with Gasteiger partial charge in [-0.05, 0) is 54.4 Å². The van der Waals surface area contributed by atoms with Crippen LogP contribution in [-0.4, -0.2) is 0 Å². The van der Waals surface area contributed by atoms with E-state index in [4.69, 9.17) is 5.26 Å². The van der Waals surface area contributed by atoms with Crippen LogP contribution in [0.1, 0.15) is 36.1 Å². The van der Waals surface area contributed by atoms with E-state index in [0.717, 1.165) is 35.2 Å². The highest BCUT2D eigenvalue weighted by Gasteiger charge is 2.11. The monoisotopic (exact) mass is 339 g/mol. The molecule has 0 saturated carbocycles. The molecule has 2 aromatic rings. The summed E-state index contributed by atoms with van der Waals surface area (Å²) in [6.07, 6.45) is 4.79. The van der Waals surface area contributed by atoms with Gasteiger partial charge in [0.25, 0.3) is 0 Å². The van der Waals surface area contributed by atoms with Crippen LogP contribution in [0.3, 0.4) is 0 Å². The fourth-order valence-electron chi connectivity index (χ4n) is 2.24. The third kappa shape index (κ3) is 4.25. The molecule has 0 unspecified atom stereocenters. The largest absolute Gasteiger partial charge is 0.206 e. The molecule has 0 radical (unpaired) electrons. The Hall–Kier alpha value is -2.56. The van der Waals surface area contributed by atoms with Crippen LogP contribution in [0.15, 0.2) is 41.3 Å². The molecule has 0 aliphatic carbocycles. The number of nitrogens with zero attached hydrogens (tertiary/aromatic N) is 1. The van der Waals surface area contributed by atoms with Crippen molar-refractivity contribution in [1.82, 2.24) is 0 Å². The van der Waals surface area contributed by atoms with E-state index in [2.05, 4.69) is 17.9 Å². The molecular weight excluding hydrogens is 324 g/mol. The van der Waals surface area contributed by atoms with E-state index < -0.39 is 11.6 Å². The number of aryl methyl sites for hydroxylation is 1. The molecule has 0 aromatic heterocycles. The molecule has 0 bridgehead atoms. The van der Waals surface area contributed by atoms with Gasteiger partial charge in [0.1, 0.15) is 17.0 Å². The van der Waals surface area contributed by atoms with Gasteiger partial charge in [0.15, 0.2) is 0 Å². The van der Waals surface area contributed by atoms with Gasteiger partial charge in [0.2, 0.25) is 0 Å². The second-order valence-electron chi connectivity index (χ2n) is 4.98. The van der Waals surface area contributed by atoms with Crippen LogP contribution in [-0.2, 0) is 6.42 Å². The normalized spacial score (nSPS) is 10.3. The maximum absolute atomic E-state index is 13.8. The van der Waals surface area contributed by atoms with Gasteiger partial charge < -0.3 is 0 Å². The molecule has 2 aromatic carbocycles. The SMILES string of the molecule is C/C=C/c1ccc(C#Cc2cc(F)c(SC#N)c(F)c2)c(CC)c1. The number of thioether (sulfide) groups is 1. The molecule has 0 amide bonds. The number of halogens is 2. The van der Waals surface area contributed by atoms with Crippen LogP contribution < -0.4 is 0 Å². The third-order valence-electron chi connectivity index (χ3n) is 3.36. The smallest absolute Gasteiger partial charge is 0.142 e. The molecule has 4 heteroatoms. The average molecular weight is 339 g/mol. The van der Waals surface area contributed by atoms with E-state index in [-0.39, 0.29) is 10.5 Å². The van der Waals surface area contributed by atoms with Gasteiger partial charge in [0, 0.05) is 11.1 Å². The summed E-state index contributed by atoms with van der Waals surface area (Å²) in [7, 11) is 0. The molecule has 0 aliphatic rings. The number of hydrogen-bond acceptors (Lipinski definition) is 2. The van der Waals surface area contributed by atoms with E-state index in [1.54, 1.807) is 5.40 Å². The van der Waals surface area contributed by atoms with Gasteiger partial charge in [0.05, 0.1) is 4.90 Å². The molecular formula is C20H15F2NS. The number of allylic oxidation sites excluding steroid dienone is 1. The van der Waals surface area contributed by atoms with E-state index in [1.807, 2.05) is 38.1 Å². The molecule has 0 saturated heterocycles. The van der Waals surface area contributed by atoms with Crippen molar-refractivity contribution < 1.29 is 8.78 Å². The zero-order valence-corrected chi connectivity index (χ0v) is 14.2. The maximum Gasteiger partial charge on any atom is 0.142 e. The Labute approximate surface area is 145 Å². The van der Waals surface area contributed by atoms with E-state index in [1.165, 1.54) is 0 Å². The third-order valence-corrected chi connectivity index (χ3v) is 4.04. The van der Waals surface area contributed by atoms with Crippen LogP contribution in [0.5, 0.6) is 0 Å². The number of hydrogen-bond donors (Lipinski definition) is 0. The first kappa shape index (κ1) is 17.8. The first-order chi connectivity index (χ1) is 11.6. The zero-order chi connectivity index (χ0) is 17.5. The molecule has 0 spiro atoms. The topological polar surface area (TPSA) is 23.8 Å². The number of benzene rings is 2. The van der Waals surface area contributed by atoms with Crippen LogP contribution in [0.2, 0.25) is 0 Å². The lowest BCUT2D eigenvalue weighted by Crippen LogP contribution is -1.91. The summed E-state index contributed by atoms with van der Waals surface area (Å²) in [5.41, 5.74) is 3.25. The van der Waals surface area contributed by atoms with Crippen molar-refractivity contribution in [3.8, 4) is 17.2 Å². The van der Waals surface area contributed by atoms with E-state index in [9.17, 15) is 8.78 Å². The van der Waals surface area contributed by atoms with Crippen molar-refractivity contribution >= 4 is 17.8 Å². The van der Waals surface area contributed by atoms with Crippen LogP contribution in [0, 0.1) is 34.1 Å². The van der Waals surface area contributed by atoms with Crippen LogP contribution in [0.4, 0.5) is 8.78 Å². The highest BCUT2D eigenvalue weighted by molar-refractivity contribution is 8.03. The van der Waals surface area contributed by atoms with Crippen molar-refractivity contribution in [2.75, 3.05) is 0 Å². The number of rotatable bonds is 3. The summed E-state index contributed by atoms with van der Waals surface area (Å²) in [6.45, 7) is 3.99. The fourth-order valence-corrected chi connectivity index (χ4v) is 2.64. The second-order valence-corrected chi connectivity index (χ2v) is 5.78. The predicted octanol–water partition coefficient (Wildman–Crippen LogP) is 5.53.